The van der Waals surface area contributed by atoms with Crippen molar-refractivity contribution in [3.63, 3.8) is 0 Å². The normalized spacial score (nSPS) is 15.4. The van der Waals surface area contributed by atoms with E-state index in [0.29, 0.717) is 13.1 Å². The van der Waals surface area contributed by atoms with Crippen LogP contribution >= 0.6 is 22.7 Å². The Hall–Kier alpha value is -5.51. The molecule has 2 aliphatic heterocycles. The molecule has 6 heterocycles. The molecular formula is C43H40N6OS2. The highest BCUT2D eigenvalue weighted by molar-refractivity contribution is 7.10. The lowest BCUT2D eigenvalue weighted by atomic mass is 9.89. The monoisotopic (exact) mass is 720 g/mol. The summed E-state index contributed by atoms with van der Waals surface area (Å²) in [6.07, 6.45) is 16.1. The average Bonchev–Trinajstić information content (AvgIpc) is 4.03. The summed E-state index contributed by atoms with van der Waals surface area (Å²) in [4.78, 5) is 21.4. The Balaban J connectivity index is 1.01. The largest absolute Gasteiger partial charge is 0.353 e. The number of rotatable bonds is 14. The number of H-pyrrole nitrogens is 2. The zero-order valence-corrected chi connectivity index (χ0v) is 30.4. The zero-order valence-electron chi connectivity index (χ0n) is 28.8. The van der Waals surface area contributed by atoms with E-state index in [1.54, 1.807) is 22.7 Å². The summed E-state index contributed by atoms with van der Waals surface area (Å²) in [5.41, 5.74) is 8.80. The minimum atomic E-state index is -0.302. The van der Waals surface area contributed by atoms with Crippen LogP contribution in [0.2, 0.25) is 0 Å². The summed E-state index contributed by atoms with van der Waals surface area (Å²) in [6.45, 7) is 1.10. The van der Waals surface area contributed by atoms with Crippen molar-refractivity contribution in [3.05, 3.63) is 188 Å². The number of carbonyl (C=O) groups excluding carboxylic acids is 1. The van der Waals surface area contributed by atoms with Crippen molar-refractivity contribution in [1.82, 2.24) is 30.2 Å². The first kappa shape index (κ1) is 33.6. The number of carbonyl (C=O) groups is 1. The van der Waals surface area contributed by atoms with Gasteiger partial charge in [-0.2, -0.15) is 10.2 Å². The summed E-state index contributed by atoms with van der Waals surface area (Å²) in [6, 6.07) is 33.4. The predicted octanol–water partition coefficient (Wildman–Crippen LogP) is 9.39. The van der Waals surface area contributed by atoms with Crippen LogP contribution in [0.1, 0.15) is 68.3 Å². The van der Waals surface area contributed by atoms with Crippen LogP contribution in [0.5, 0.6) is 0 Å². The van der Waals surface area contributed by atoms with Gasteiger partial charge in [0, 0.05) is 59.5 Å². The van der Waals surface area contributed by atoms with E-state index in [1.807, 2.05) is 24.3 Å². The lowest BCUT2D eigenvalue weighted by molar-refractivity contribution is -0.122. The minimum Gasteiger partial charge on any atom is -0.353 e. The van der Waals surface area contributed by atoms with Crippen LogP contribution in [0.3, 0.4) is 0 Å². The van der Waals surface area contributed by atoms with Gasteiger partial charge in [-0.25, -0.2) is 0 Å². The third kappa shape index (κ3) is 8.01. The van der Waals surface area contributed by atoms with Gasteiger partial charge in [0.15, 0.2) is 5.78 Å². The molecular weight excluding hydrogens is 681 g/mol. The van der Waals surface area contributed by atoms with Crippen LogP contribution in [-0.2, 0) is 17.6 Å². The second-order valence-electron chi connectivity index (χ2n) is 13.3. The van der Waals surface area contributed by atoms with Crippen molar-refractivity contribution in [1.29, 1.82) is 0 Å². The first-order valence-corrected chi connectivity index (χ1v) is 19.4. The summed E-state index contributed by atoms with van der Waals surface area (Å²) >= 11 is 3.31. The molecule has 0 fully saturated rings. The van der Waals surface area contributed by atoms with E-state index in [1.165, 1.54) is 11.1 Å². The number of Topliss-reactive ketones (excluding diaryl/α,β-unsaturated/α-hetero) is 1. The van der Waals surface area contributed by atoms with E-state index >= 15 is 0 Å². The maximum absolute atomic E-state index is 14.9. The lowest BCUT2D eigenvalue weighted by Gasteiger charge is -2.30. The molecule has 6 aromatic rings. The fraction of sp³-hybridized carbons (Fsp3) is 0.186. The van der Waals surface area contributed by atoms with Crippen LogP contribution in [0, 0.1) is 0 Å². The highest BCUT2D eigenvalue weighted by atomic mass is 32.1. The quantitative estimate of drug-likeness (QED) is 0.117. The zero-order chi connectivity index (χ0) is 35.1. The Labute approximate surface area is 312 Å². The van der Waals surface area contributed by atoms with Gasteiger partial charge in [-0.15, -0.1) is 22.7 Å². The van der Waals surface area contributed by atoms with E-state index in [0.717, 1.165) is 69.4 Å². The Bertz CT molecular complexity index is 2040. The van der Waals surface area contributed by atoms with Crippen molar-refractivity contribution in [2.75, 3.05) is 13.1 Å². The van der Waals surface area contributed by atoms with E-state index in [9.17, 15) is 4.79 Å². The van der Waals surface area contributed by atoms with Gasteiger partial charge in [0.2, 0.25) is 0 Å². The third-order valence-corrected chi connectivity index (χ3v) is 11.5. The average molecular weight is 721 g/mol. The van der Waals surface area contributed by atoms with Crippen molar-refractivity contribution < 1.29 is 4.79 Å². The molecule has 2 N–H and O–H groups in total. The van der Waals surface area contributed by atoms with Crippen molar-refractivity contribution >= 4 is 39.6 Å². The number of nitrogens with one attached hydrogen (secondary N) is 2. The number of ketones is 1. The molecule has 0 saturated carbocycles. The fourth-order valence-corrected chi connectivity index (χ4v) is 8.59. The number of aromatic amines is 2. The van der Waals surface area contributed by atoms with Crippen molar-refractivity contribution in [2.24, 2.45) is 0 Å². The van der Waals surface area contributed by atoms with Gasteiger partial charge in [-0.3, -0.25) is 15.0 Å². The second-order valence-corrected chi connectivity index (χ2v) is 15.3. The van der Waals surface area contributed by atoms with Gasteiger partial charge in [0.1, 0.15) is 0 Å². The van der Waals surface area contributed by atoms with Gasteiger partial charge >= 0.3 is 0 Å². The van der Waals surface area contributed by atoms with Crippen LogP contribution in [-0.4, -0.2) is 49.1 Å². The van der Waals surface area contributed by atoms with Gasteiger partial charge in [0.25, 0.3) is 0 Å². The van der Waals surface area contributed by atoms with Crippen LogP contribution < -0.4 is 0 Å². The highest BCUT2D eigenvalue weighted by Gasteiger charge is 2.33. The summed E-state index contributed by atoms with van der Waals surface area (Å²) in [7, 11) is 0. The first-order valence-electron chi connectivity index (χ1n) is 17.7. The summed E-state index contributed by atoms with van der Waals surface area (Å²) < 4.78 is 0. The second kappa shape index (κ2) is 15.8. The number of aromatic nitrogens is 4. The predicted molar refractivity (Wildman–Crippen MR) is 212 cm³/mol. The molecule has 2 unspecified atom stereocenters. The molecule has 0 amide bonds. The summed E-state index contributed by atoms with van der Waals surface area (Å²) in [5.74, 6) is -0.379. The highest BCUT2D eigenvalue weighted by Crippen LogP contribution is 2.35. The molecule has 4 aromatic heterocycles. The summed E-state index contributed by atoms with van der Waals surface area (Å²) in [5, 5.41) is 19.9. The van der Waals surface area contributed by atoms with E-state index in [4.69, 9.17) is 0 Å². The first-order chi connectivity index (χ1) is 25.6. The van der Waals surface area contributed by atoms with E-state index in [2.05, 4.69) is 151 Å². The molecule has 2 aliphatic rings. The molecule has 0 saturated heterocycles. The maximum atomic E-state index is 14.9. The molecule has 8 rings (SSSR count). The van der Waals surface area contributed by atoms with Crippen LogP contribution in [0.15, 0.2) is 145 Å². The van der Waals surface area contributed by atoms with Crippen molar-refractivity contribution in [3.8, 4) is 0 Å². The number of benzene rings is 2. The Morgan fingerprint density at radius 2 is 1.10 bits per heavy atom. The molecule has 9 heteroatoms. The number of thiophene rings is 2. The van der Waals surface area contributed by atoms with Gasteiger partial charge in [-0.1, -0.05) is 84.9 Å². The molecule has 52 heavy (non-hydrogen) atoms. The lowest BCUT2D eigenvalue weighted by Crippen LogP contribution is -2.33. The molecule has 2 aromatic carbocycles. The molecule has 0 spiro atoms. The Kier molecular flexibility index (Phi) is 10.2. The van der Waals surface area contributed by atoms with Crippen molar-refractivity contribution in [2.45, 2.75) is 37.5 Å². The van der Waals surface area contributed by atoms with Gasteiger partial charge in [-0.05, 0) is 82.5 Å². The Morgan fingerprint density at radius 3 is 1.52 bits per heavy atom. The SMILES string of the molecule is O=C(C(CN1C=CCC(c2cc(Cc3ccccc3)[nH]n2)=C1)c1cccs1)C(CN1C=CCC(c2cc(Cc3ccccc3)[nH]n2)=C1)c1cccs1. The van der Waals surface area contributed by atoms with Gasteiger partial charge < -0.3 is 9.80 Å². The Morgan fingerprint density at radius 1 is 0.635 bits per heavy atom. The van der Waals surface area contributed by atoms with E-state index in [-0.39, 0.29) is 17.6 Å². The number of hydrogen-bond acceptors (Lipinski definition) is 7. The van der Waals surface area contributed by atoms with Crippen LogP contribution in [0.4, 0.5) is 0 Å². The number of allylic oxidation sites excluding steroid dienone is 4. The van der Waals surface area contributed by atoms with Gasteiger partial charge in [0.05, 0.1) is 23.2 Å². The third-order valence-electron chi connectivity index (χ3n) is 9.55. The standard InChI is InChI=1S/C43H40N6OS2/c50-43(37(41-17-9-21-51-41)29-48-19-7-15-33(27-48)39-25-35(44-46-39)23-31-11-3-1-4-12-31)38(42-18-10-22-52-42)30-49-20-8-16-34(28-49)40-26-36(45-47-40)24-32-13-5-2-6-14-32/h1-14,17-22,25-28,37-38H,15-16,23-24,29-30H2,(H,44,46)(H,45,47). The van der Waals surface area contributed by atoms with E-state index < -0.39 is 0 Å². The molecule has 0 aliphatic carbocycles. The molecule has 0 bridgehead atoms. The molecule has 2 atom stereocenters. The smallest absolute Gasteiger partial charge is 0.153 e. The minimum absolute atomic E-state index is 0.225. The number of hydrogen-bond donors (Lipinski definition) is 2. The molecule has 260 valence electrons. The molecule has 7 nitrogen and oxygen atoms in total. The topological polar surface area (TPSA) is 80.9 Å². The number of nitrogens with zero attached hydrogens (tertiary/aromatic N) is 4. The fourth-order valence-electron chi connectivity index (χ4n) is 6.94. The molecule has 0 radical (unpaired) electrons. The maximum Gasteiger partial charge on any atom is 0.153 e. The van der Waals surface area contributed by atoms with Crippen LogP contribution in [0.25, 0.3) is 11.1 Å².